The molecule has 1 amide bonds. The number of aromatic nitrogens is 1. The van der Waals surface area contributed by atoms with Crippen LogP contribution < -0.4 is 10.6 Å². The highest BCUT2D eigenvalue weighted by Gasteiger charge is 2.04. The second-order valence-electron chi connectivity index (χ2n) is 2.70. The van der Waals surface area contributed by atoms with Gasteiger partial charge in [0.1, 0.15) is 4.60 Å². The lowest BCUT2D eigenvalue weighted by atomic mass is 10.4. The van der Waals surface area contributed by atoms with Gasteiger partial charge < -0.3 is 5.32 Å². The topological polar surface area (TPSA) is 54.0 Å². The predicted octanol–water partition coefficient (Wildman–Crippen LogP) is 1.01. The number of terminal acetylenes is 1. The molecule has 0 unspecified atom stereocenters. The molecule has 0 aliphatic rings. The van der Waals surface area contributed by atoms with Crippen molar-refractivity contribution in [3.05, 3.63) is 22.9 Å². The van der Waals surface area contributed by atoms with E-state index >= 15 is 0 Å². The highest BCUT2D eigenvalue weighted by Crippen LogP contribution is 2.17. The average molecular weight is 268 g/mol. The summed E-state index contributed by atoms with van der Waals surface area (Å²) < 4.78 is 0.607. The standard InChI is InChI=1S/C10H10BrN3O/c1-2-5-12-7-9(15)14-8-4-3-6-13-10(8)11/h1,3-4,6,12H,5,7H2,(H,14,15). The normalized spacial score (nSPS) is 9.33. The van der Waals surface area contributed by atoms with E-state index in [1.807, 2.05) is 0 Å². The number of pyridine rings is 1. The van der Waals surface area contributed by atoms with Gasteiger partial charge in [0.05, 0.1) is 18.8 Å². The number of halogens is 1. The van der Waals surface area contributed by atoms with Gasteiger partial charge in [0, 0.05) is 6.20 Å². The molecule has 5 heteroatoms. The molecule has 1 aromatic heterocycles. The van der Waals surface area contributed by atoms with Gasteiger partial charge in [0.2, 0.25) is 5.91 Å². The lowest BCUT2D eigenvalue weighted by molar-refractivity contribution is -0.115. The van der Waals surface area contributed by atoms with Crippen LogP contribution in [0.3, 0.4) is 0 Å². The van der Waals surface area contributed by atoms with Gasteiger partial charge in [-0.05, 0) is 28.1 Å². The molecule has 0 spiro atoms. The third kappa shape index (κ3) is 4.11. The number of amides is 1. The zero-order valence-electron chi connectivity index (χ0n) is 7.96. The van der Waals surface area contributed by atoms with Crippen LogP contribution in [0.1, 0.15) is 0 Å². The molecule has 0 aliphatic heterocycles. The van der Waals surface area contributed by atoms with Crippen molar-refractivity contribution in [2.45, 2.75) is 0 Å². The summed E-state index contributed by atoms with van der Waals surface area (Å²) >= 11 is 3.23. The maximum Gasteiger partial charge on any atom is 0.238 e. The van der Waals surface area contributed by atoms with Crippen LogP contribution in [0.5, 0.6) is 0 Å². The van der Waals surface area contributed by atoms with Crippen molar-refractivity contribution in [3.63, 3.8) is 0 Å². The number of hydrogen-bond donors (Lipinski definition) is 2. The lowest BCUT2D eigenvalue weighted by Gasteiger charge is -2.05. The Kier molecular flexibility index (Phi) is 4.81. The molecular weight excluding hydrogens is 258 g/mol. The van der Waals surface area contributed by atoms with Gasteiger partial charge in [0.15, 0.2) is 0 Å². The van der Waals surface area contributed by atoms with Crippen LogP contribution in [-0.4, -0.2) is 24.0 Å². The van der Waals surface area contributed by atoms with E-state index in [-0.39, 0.29) is 12.5 Å². The van der Waals surface area contributed by atoms with E-state index in [1.54, 1.807) is 18.3 Å². The van der Waals surface area contributed by atoms with Gasteiger partial charge in [-0.2, -0.15) is 0 Å². The monoisotopic (exact) mass is 267 g/mol. The predicted molar refractivity (Wildman–Crippen MR) is 62.3 cm³/mol. The van der Waals surface area contributed by atoms with E-state index in [9.17, 15) is 4.79 Å². The summed E-state index contributed by atoms with van der Waals surface area (Å²) in [5.41, 5.74) is 0.644. The van der Waals surface area contributed by atoms with Crippen molar-refractivity contribution in [3.8, 4) is 12.3 Å². The molecule has 2 N–H and O–H groups in total. The van der Waals surface area contributed by atoms with E-state index in [0.29, 0.717) is 16.8 Å². The van der Waals surface area contributed by atoms with E-state index in [2.05, 4.69) is 37.5 Å². The quantitative estimate of drug-likeness (QED) is 0.486. The summed E-state index contributed by atoms with van der Waals surface area (Å²) in [5.74, 6) is 2.23. The Morgan fingerprint density at radius 1 is 1.67 bits per heavy atom. The second kappa shape index (κ2) is 6.17. The first-order chi connectivity index (χ1) is 7.24. The Morgan fingerprint density at radius 2 is 2.47 bits per heavy atom. The SMILES string of the molecule is C#CCNCC(=O)Nc1cccnc1Br. The first-order valence-electron chi connectivity index (χ1n) is 4.28. The van der Waals surface area contributed by atoms with Crippen LogP contribution in [0.25, 0.3) is 0 Å². The summed E-state index contributed by atoms with van der Waals surface area (Å²) in [6, 6.07) is 3.51. The smallest absolute Gasteiger partial charge is 0.238 e. The fourth-order valence-electron chi connectivity index (χ4n) is 0.922. The molecule has 0 aliphatic carbocycles. The fourth-order valence-corrected chi connectivity index (χ4v) is 1.27. The van der Waals surface area contributed by atoms with E-state index in [0.717, 1.165) is 0 Å². The Balaban J connectivity index is 2.45. The highest BCUT2D eigenvalue weighted by molar-refractivity contribution is 9.10. The van der Waals surface area contributed by atoms with Crippen molar-refractivity contribution in [1.29, 1.82) is 0 Å². The molecule has 1 heterocycles. The molecule has 1 aromatic rings. The Hall–Kier alpha value is -1.38. The van der Waals surface area contributed by atoms with E-state index in [1.165, 1.54) is 0 Å². The van der Waals surface area contributed by atoms with Gasteiger partial charge in [-0.1, -0.05) is 5.92 Å². The molecule has 0 fully saturated rings. The van der Waals surface area contributed by atoms with Gasteiger partial charge in [-0.25, -0.2) is 4.98 Å². The molecule has 0 radical (unpaired) electrons. The summed E-state index contributed by atoms with van der Waals surface area (Å²) in [4.78, 5) is 15.3. The van der Waals surface area contributed by atoms with Gasteiger partial charge in [-0.3, -0.25) is 10.1 Å². The average Bonchev–Trinajstić information content (AvgIpc) is 2.22. The van der Waals surface area contributed by atoms with Gasteiger partial charge in [-0.15, -0.1) is 6.42 Å². The van der Waals surface area contributed by atoms with Crippen molar-refractivity contribution >= 4 is 27.5 Å². The minimum Gasteiger partial charge on any atom is -0.323 e. The van der Waals surface area contributed by atoms with Crippen LogP contribution >= 0.6 is 15.9 Å². The molecule has 4 nitrogen and oxygen atoms in total. The molecule has 0 atom stereocenters. The number of nitrogens with zero attached hydrogens (tertiary/aromatic N) is 1. The summed E-state index contributed by atoms with van der Waals surface area (Å²) in [7, 11) is 0. The minimum absolute atomic E-state index is 0.154. The van der Waals surface area contributed by atoms with Crippen LogP contribution in [0.4, 0.5) is 5.69 Å². The molecule has 0 aromatic carbocycles. The highest BCUT2D eigenvalue weighted by atomic mass is 79.9. The largest absolute Gasteiger partial charge is 0.323 e. The number of nitrogens with one attached hydrogen (secondary N) is 2. The molecule has 1 rings (SSSR count). The molecule has 0 saturated carbocycles. The summed E-state index contributed by atoms with van der Waals surface area (Å²) in [5, 5.41) is 5.48. The van der Waals surface area contributed by atoms with Crippen LogP contribution in [0, 0.1) is 12.3 Å². The van der Waals surface area contributed by atoms with Crippen LogP contribution in [-0.2, 0) is 4.79 Å². The zero-order chi connectivity index (χ0) is 11.1. The number of carbonyl (C=O) groups excluding carboxylic acids is 1. The summed E-state index contributed by atoms with van der Waals surface area (Å²) in [6.45, 7) is 0.563. The fraction of sp³-hybridized carbons (Fsp3) is 0.200. The second-order valence-corrected chi connectivity index (χ2v) is 3.45. The van der Waals surface area contributed by atoms with Crippen molar-refractivity contribution in [2.24, 2.45) is 0 Å². The lowest BCUT2D eigenvalue weighted by Crippen LogP contribution is -2.28. The number of hydrogen-bond acceptors (Lipinski definition) is 3. The molecule has 15 heavy (non-hydrogen) atoms. The van der Waals surface area contributed by atoms with Gasteiger partial charge >= 0.3 is 0 Å². The Bertz CT molecular complexity index is 386. The third-order valence-corrected chi connectivity index (χ3v) is 2.18. The number of anilines is 1. The first-order valence-corrected chi connectivity index (χ1v) is 5.08. The third-order valence-electron chi connectivity index (χ3n) is 1.55. The molecular formula is C10H10BrN3O. The molecule has 0 saturated heterocycles. The number of carbonyl (C=O) groups is 1. The van der Waals surface area contributed by atoms with Gasteiger partial charge in [0.25, 0.3) is 0 Å². The van der Waals surface area contributed by atoms with Crippen LogP contribution in [0.2, 0.25) is 0 Å². The Morgan fingerprint density at radius 3 is 3.13 bits per heavy atom. The van der Waals surface area contributed by atoms with Crippen molar-refractivity contribution < 1.29 is 4.79 Å². The van der Waals surface area contributed by atoms with Crippen molar-refractivity contribution in [1.82, 2.24) is 10.3 Å². The summed E-state index contributed by atoms with van der Waals surface area (Å²) in [6.07, 6.45) is 6.66. The minimum atomic E-state index is -0.154. The maximum atomic E-state index is 11.3. The molecule has 78 valence electrons. The van der Waals surface area contributed by atoms with E-state index in [4.69, 9.17) is 6.42 Å². The Labute approximate surface area is 96.6 Å². The van der Waals surface area contributed by atoms with E-state index < -0.39 is 0 Å². The van der Waals surface area contributed by atoms with Crippen LogP contribution in [0.15, 0.2) is 22.9 Å². The maximum absolute atomic E-state index is 11.3. The number of rotatable bonds is 4. The molecule has 0 bridgehead atoms. The van der Waals surface area contributed by atoms with Crippen molar-refractivity contribution in [2.75, 3.05) is 18.4 Å². The first kappa shape index (κ1) is 11.7. The zero-order valence-corrected chi connectivity index (χ0v) is 9.54.